The number of hydrogen-bond acceptors (Lipinski definition) is 4. The van der Waals surface area contributed by atoms with Crippen molar-refractivity contribution in [1.29, 1.82) is 0 Å². The maximum Gasteiger partial charge on any atom is 0.164 e. The fourth-order valence-electron chi connectivity index (χ4n) is 1.54. The number of hydrogen-bond donors (Lipinski definition) is 1. The Morgan fingerprint density at radius 1 is 1.40 bits per heavy atom. The standard InChI is InChI=1S/C14H14FN3O2/c1-18-14(16-10-17-18)9-20-13-7-11(4-2-3-5-19)6-12(15)8-13/h6-8,10,19H,3,5,9H2,1H3. The van der Waals surface area contributed by atoms with Crippen LogP contribution in [0.15, 0.2) is 24.5 Å². The van der Waals surface area contributed by atoms with Gasteiger partial charge in [-0.25, -0.2) is 9.37 Å². The first-order chi connectivity index (χ1) is 9.69. The van der Waals surface area contributed by atoms with Crippen LogP contribution < -0.4 is 4.74 Å². The number of benzene rings is 1. The summed E-state index contributed by atoms with van der Waals surface area (Å²) in [6.07, 6.45) is 1.78. The molecule has 5 nitrogen and oxygen atoms in total. The molecule has 0 saturated carbocycles. The minimum Gasteiger partial charge on any atom is -0.485 e. The van der Waals surface area contributed by atoms with E-state index in [2.05, 4.69) is 21.9 Å². The van der Waals surface area contributed by atoms with Gasteiger partial charge in [0.05, 0.1) is 6.61 Å². The number of halogens is 1. The number of aromatic nitrogens is 3. The quantitative estimate of drug-likeness (QED) is 0.854. The predicted octanol–water partition coefficient (Wildman–Crippen LogP) is 1.27. The van der Waals surface area contributed by atoms with Gasteiger partial charge in [-0.3, -0.25) is 4.68 Å². The lowest BCUT2D eigenvalue weighted by Crippen LogP contribution is -2.04. The van der Waals surface area contributed by atoms with Gasteiger partial charge < -0.3 is 9.84 Å². The molecule has 1 aromatic heterocycles. The smallest absolute Gasteiger partial charge is 0.164 e. The van der Waals surface area contributed by atoms with Crippen LogP contribution in [0.3, 0.4) is 0 Å². The van der Waals surface area contributed by atoms with E-state index in [0.717, 1.165) is 0 Å². The molecular weight excluding hydrogens is 261 g/mol. The molecule has 0 bridgehead atoms. The Morgan fingerprint density at radius 3 is 2.95 bits per heavy atom. The van der Waals surface area contributed by atoms with Gasteiger partial charge in [0.15, 0.2) is 5.82 Å². The zero-order chi connectivity index (χ0) is 14.4. The molecule has 0 aliphatic carbocycles. The van der Waals surface area contributed by atoms with Gasteiger partial charge in [-0.05, 0) is 12.1 Å². The molecule has 1 heterocycles. The van der Waals surface area contributed by atoms with Crippen molar-refractivity contribution in [3.8, 4) is 17.6 Å². The summed E-state index contributed by atoms with van der Waals surface area (Å²) in [7, 11) is 1.75. The third kappa shape index (κ3) is 3.80. The van der Waals surface area contributed by atoms with E-state index in [-0.39, 0.29) is 13.2 Å². The zero-order valence-electron chi connectivity index (χ0n) is 11.0. The van der Waals surface area contributed by atoms with Crippen molar-refractivity contribution < 1.29 is 14.2 Å². The van der Waals surface area contributed by atoms with Crippen molar-refractivity contribution in [1.82, 2.24) is 14.8 Å². The Bertz CT molecular complexity index is 643. The third-order valence-electron chi connectivity index (χ3n) is 2.51. The number of nitrogens with zero attached hydrogens (tertiary/aromatic N) is 3. The van der Waals surface area contributed by atoms with Crippen molar-refractivity contribution in [2.75, 3.05) is 6.61 Å². The maximum atomic E-state index is 13.5. The monoisotopic (exact) mass is 275 g/mol. The van der Waals surface area contributed by atoms with Crippen molar-refractivity contribution in [2.24, 2.45) is 7.05 Å². The van der Waals surface area contributed by atoms with Crippen LogP contribution in [0.1, 0.15) is 17.8 Å². The Morgan fingerprint density at radius 2 is 2.25 bits per heavy atom. The van der Waals surface area contributed by atoms with Gasteiger partial charge in [0.1, 0.15) is 24.5 Å². The summed E-state index contributed by atoms with van der Waals surface area (Å²) in [4.78, 5) is 4.01. The molecule has 0 aliphatic rings. The van der Waals surface area contributed by atoms with Crippen LogP contribution in [0, 0.1) is 17.7 Å². The maximum absolute atomic E-state index is 13.5. The molecule has 0 saturated heterocycles. The van der Waals surface area contributed by atoms with Gasteiger partial charge in [-0.2, -0.15) is 5.10 Å². The third-order valence-corrected chi connectivity index (χ3v) is 2.51. The number of aliphatic hydroxyl groups is 1. The van der Waals surface area contributed by atoms with Gasteiger partial charge in [0, 0.05) is 25.1 Å². The van der Waals surface area contributed by atoms with Crippen LogP contribution in [0.25, 0.3) is 0 Å². The van der Waals surface area contributed by atoms with Crippen LogP contribution in [0.5, 0.6) is 5.75 Å². The number of aryl methyl sites for hydroxylation is 1. The number of ether oxygens (including phenoxy) is 1. The average Bonchev–Trinajstić information content (AvgIpc) is 2.82. The van der Waals surface area contributed by atoms with E-state index in [9.17, 15) is 4.39 Å². The molecule has 6 heteroatoms. The largest absolute Gasteiger partial charge is 0.485 e. The van der Waals surface area contributed by atoms with Crippen LogP contribution in [-0.2, 0) is 13.7 Å². The van der Waals surface area contributed by atoms with E-state index in [1.54, 1.807) is 17.8 Å². The lowest BCUT2D eigenvalue weighted by atomic mass is 10.2. The highest BCUT2D eigenvalue weighted by atomic mass is 19.1. The molecule has 1 N–H and O–H groups in total. The van der Waals surface area contributed by atoms with E-state index in [1.165, 1.54) is 18.5 Å². The normalized spacial score (nSPS) is 9.95. The summed E-state index contributed by atoms with van der Waals surface area (Å²) in [5.74, 6) is 6.10. The van der Waals surface area contributed by atoms with Crippen LogP contribution in [0.4, 0.5) is 4.39 Å². The summed E-state index contributed by atoms with van der Waals surface area (Å²) in [6.45, 7) is 0.182. The average molecular weight is 275 g/mol. The Kier molecular flexibility index (Phi) is 4.69. The molecule has 0 aliphatic heterocycles. The van der Waals surface area contributed by atoms with E-state index in [1.807, 2.05) is 0 Å². The van der Waals surface area contributed by atoms with Gasteiger partial charge in [0.25, 0.3) is 0 Å². The predicted molar refractivity (Wildman–Crippen MR) is 70.3 cm³/mol. The van der Waals surface area contributed by atoms with Crippen molar-refractivity contribution in [3.05, 3.63) is 41.7 Å². The van der Waals surface area contributed by atoms with Crippen molar-refractivity contribution >= 4 is 0 Å². The molecule has 0 unspecified atom stereocenters. The molecule has 1 aromatic carbocycles. The second-order valence-electron chi connectivity index (χ2n) is 4.04. The first-order valence-corrected chi connectivity index (χ1v) is 6.05. The zero-order valence-corrected chi connectivity index (χ0v) is 11.0. The first-order valence-electron chi connectivity index (χ1n) is 6.05. The topological polar surface area (TPSA) is 60.2 Å². The van der Waals surface area contributed by atoms with Crippen LogP contribution in [0.2, 0.25) is 0 Å². The van der Waals surface area contributed by atoms with Crippen LogP contribution >= 0.6 is 0 Å². The number of aliphatic hydroxyl groups excluding tert-OH is 1. The molecular formula is C14H14FN3O2. The Balaban J connectivity index is 2.08. The fourth-order valence-corrected chi connectivity index (χ4v) is 1.54. The molecule has 0 fully saturated rings. The van der Waals surface area contributed by atoms with Gasteiger partial charge in [-0.15, -0.1) is 0 Å². The van der Waals surface area contributed by atoms with Gasteiger partial charge >= 0.3 is 0 Å². The van der Waals surface area contributed by atoms with Crippen LogP contribution in [-0.4, -0.2) is 26.5 Å². The summed E-state index contributed by atoms with van der Waals surface area (Å²) in [6, 6.07) is 4.25. The molecule has 104 valence electrons. The van der Waals surface area contributed by atoms with Crippen molar-refractivity contribution in [3.63, 3.8) is 0 Å². The summed E-state index contributed by atoms with van der Waals surface area (Å²) >= 11 is 0. The first kappa shape index (κ1) is 14.0. The highest BCUT2D eigenvalue weighted by molar-refractivity contribution is 5.40. The van der Waals surface area contributed by atoms with E-state index in [0.29, 0.717) is 23.6 Å². The second-order valence-corrected chi connectivity index (χ2v) is 4.04. The van der Waals surface area contributed by atoms with E-state index < -0.39 is 5.82 Å². The molecule has 0 radical (unpaired) electrons. The highest BCUT2D eigenvalue weighted by Crippen LogP contribution is 2.17. The van der Waals surface area contributed by atoms with Gasteiger partial charge in [-0.1, -0.05) is 11.8 Å². The molecule has 0 atom stereocenters. The van der Waals surface area contributed by atoms with Gasteiger partial charge in [0.2, 0.25) is 0 Å². The minimum atomic E-state index is -0.422. The Labute approximate surface area is 116 Å². The van der Waals surface area contributed by atoms with Crippen molar-refractivity contribution in [2.45, 2.75) is 13.0 Å². The molecule has 20 heavy (non-hydrogen) atoms. The SMILES string of the molecule is Cn1ncnc1COc1cc(F)cc(C#CCCO)c1. The second kappa shape index (κ2) is 6.68. The summed E-state index contributed by atoms with van der Waals surface area (Å²) in [5.41, 5.74) is 0.506. The lowest BCUT2D eigenvalue weighted by molar-refractivity contribution is 0.288. The summed E-state index contributed by atoms with van der Waals surface area (Å²) < 4.78 is 20.5. The summed E-state index contributed by atoms with van der Waals surface area (Å²) in [5, 5.41) is 12.6. The molecule has 0 amide bonds. The molecule has 2 aromatic rings. The number of rotatable bonds is 4. The minimum absolute atomic E-state index is 0.0160. The molecule has 0 spiro atoms. The van der Waals surface area contributed by atoms with E-state index in [4.69, 9.17) is 9.84 Å². The van der Waals surface area contributed by atoms with E-state index >= 15 is 0 Å². The lowest BCUT2D eigenvalue weighted by Gasteiger charge is -2.06. The fraction of sp³-hybridized carbons (Fsp3) is 0.286. The Hall–Kier alpha value is -2.39. The molecule has 2 rings (SSSR count). The highest BCUT2D eigenvalue weighted by Gasteiger charge is 2.04.